The molecule has 0 saturated heterocycles. The van der Waals surface area contributed by atoms with Crippen molar-refractivity contribution in [2.45, 2.75) is 0 Å². The summed E-state index contributed by atoms with van der Waals surface area (Å²) in [4.78, 5) is 6.79. The summed E-state index contributed by atoms with van der Waals surface area (Å²) in [6, 6.07) is 3.77. The fourth-order valence-corrected chi connectivity index (χ4v) is 1.16. The molecule has 0 unspecified atom stereocenters. The first-order valence-corrected chi connectivity index (χ1v) is 3.44. The summed E-state index contributed by atoms with van der Waals surface area (Å²) in [5.41, 5.74) is 7.36. The topological polar surface area (TPSA) is 78.5 Å². The Balaban J connectivity index is 2.92. The van der Waals surface area contributed by atoms with Crippen molar-refractivity contribution >= 4 is 16.6 Å². The van der Waals surface area contributed by atoms with E-state index in [0.717, 1.165) is 5.39 Å². The number of aromatic nitrogens is 2. The first-order chi connectivity index (χ1) is 5.83. The highest BCUT2D eigenvalue weighted by molar-refractivity contribution is 5.93. The molecule has 0 radical (unpaired) electrons. The summed E-state index contributed by atoms with van der Waals surface area (Å²) in [6.45, 7) is 0. The van der Waals surface area contributed by atoms with Crippen LogP contribution in [0.3, 0.4) is 0 Å². The van der Waals surface area contributed by atoms with Crippen LogP contribution in [0.4, 0.5) is 5.69 Å². The first-order valence-electron chi connectivity index (χ1n) is 3.44. The SMILES string of the molecule is N#Cc1nccc2c(N)c[nH]c12. The Hall–Kier alpha value is -2.02. The highest BCUT2D eigenvalue weighted by Gasteiger charge is 2.04. The number of nitriles is 1. The molecule has 2 rings (SSSR count). The summed E-state index contributed by atoms with van der Waals surface area (Å²) in [7, 11) is 0. The zero-order valence-electron chi connectivity index (χ0n) is 6.20. The van der Waals surface area contributed by atoms with Crippen LogP contribution < -0.4 is 5.73 Å². The molecule has 12 heavy (non-hydrogen) atoms. The van der Waals surface area contributed by atoms with Gasteiger partial charge in [-0.05, 0) is 6.07 Å². The van der Waals surface area contributed by atoms with E-state index in [1.165, 1.54) is 0 Å². The van der Waals surface area contributed by atoms with Crippen LogP contribution in [0.25, 0.3) is 10.9 Å². The maximum absolute atomic E-state index is 8.67. The van der Waals surface area contributed by atoms with E-state index in [-0.39, 0.29) is 0 Å². The third kappa shape index (κ3) is 0.736. The van der Waals surface area contributed by atoms with Gasteiger partial charge in [-0.25, -0.2) is 4.98 Å². The standard InChI is InChI=1S/C8H6N4/c9-3-7-8-5(1-2-11-7)6(10)4-12-8/h1-2,4,12H,10H2. The minimum Gasteiger partial charge on any atom is -0.397 e. The Morgan fingerprint density at radius 1 is 1.58 bits per heavy atom. The van der Waals surface area contributed by atoms with E-state index in [0.29, 0.717) is 16.9 Å². The van der Waals surface area contributed by atoms with E-state index in [1.54, 1.807) is 18.5 Å². The molecule has 2 aromatic heterocycles. The molecule has 0 aliphatic heterocycles. The second-order valence-electron chi connectivity index (χ2n) is 2.44. The van der Waals surface area contributed by atoms with Gasteiger partial charge < -0.3 is 10.7 Å². The molecule has 0 saturated carbocycles. The number of H-pyrrole nitrogens is 1. The normalized spacial score (nSPS) is 9.92. The van der Waals surface area contributed by atoms with Crippen molar-refractivity contribution in [3.63, 3.8) is 0 Å². The molecular formula is C8H6N4. The van der Waals surface area contributed by atoms with Gasteiger partial charge in [0, 0.05) is 17.8 Å². The van der Waals surface area contributed by atoms with Gasteiger partial charge in [0.1, 0.15) is 6.07 Å². The van der Waals surface area contributed by atoms with Crippen LogP contribution in [-0.2, 0) is 0 Å². The van der Waals surface area contributed by atoms with Gasteiger partial charge in [-0.2, -0.15) is 5.26 Å². The molecule has 0 fully saturated rings. The second kappa shape index (κ2) is 2.24. The monoisotopic (exact) mass is 158 g/mol. The summed E-state index contributed by atoms with van der Waals surface area (Å²) < 4.78 is 0. The summed E-state index contributed by atoms with van der Waals surface area (Å²) in [5, 5.41) is 9.52. The van der Waals surface area contributed by atoms with Crippen molar-refractivity contribution in [3.8, 4) is 6.07 Å². The molecule has 0 aromatic carbocycles. The minimum atomic E-state index is 0.379. The van der Waals surface area contributed by atoms with Crippen molar-refractivity contribution < 1.29 is 0 Å². The molecule has 3 N–H and O–H groups in total. The van der Waals surface area contributed by atoms with E-state index in [1.807, 2.05) is 6.07 Å². The first kappa shape index (κ1) is 6.68. The van der Waals surface area contributed by atoms with Crippen molar-refractivity contribution in [3.05, 3.63) is 24.2 Å². The van der Waals surface area contributed by atoms with Crippen LogP contribution in [0, 0.1) is 11.3 Å². The Labute approximate surface area is 68.6 Å². The lowest BCUT2D eigenvalue weighted by Gasteiger charge is -1.91. The number of nitrogens with one attached hydrogen (secondary N) is 1. The quantitative estimate of drug-likeness (QED) is 0.600. The van der Waals surface area contributed by atoms with Crippen molar-refractivity contribution in [1.29, 1.82) is 5.26 Å². The summed E-state index contributed by atoms with van der Waals surface area (Å²) >= 11 is 0. The van der Waals surface area contributed by atoms with Gasteiger partial charge in [-0.3, -0.25) is 0 Å². The number of rotatable bonds is 0. The van der Waals surface area contributed by atoms with Gasteiger partial charge in [-0.1, -0.05) is 0 Å². The minimum absolute atomic E-state index is 0.379. The van der Waals surface area contributed by atoms with Crippen molar-refractivity contribution in [2.75, 3.05) is 5.73 Å². The predicted octanol–water partition coefficient (Wildman–Crippen LogP) is 1.02. The molecule has 4 nitrogen and oxygen atoms in total. The molecular weight excluding hydrogens is 152 g/mol. The Kier molecular flexibility index (Phi) is 1.25. The van der Waals surface area contributed by atoms with Crippen LogP contribution >= 0.6 is 0 Å². The lowest BCUT2D eigenvalue weighted by atomic mass is 10.2. The number of nitrogens with two attached hydrogens (primary N) is 1. The lowest BCUT2D eigenvalue weighted by Crippen LogP contribution is -1.84. The highest BCUT2D eigenvalue weighted by atomic mass is 14.8. The average molecular weight is 158 g/mol. The molecule has 58 valence electrons. The number of hydrogen-bond donors (Lipinski definition) is 2. The molecule has 0 aliphatic carbocycles. The Morgan fingerprint density at radius 2 is 2.42 bits per heavy atom. The summed E-state index contributed by atoms with van der Waals surface area (Å²) in [6.07, 6.45) is 3.23. The van der Waals surface area contributed by atoms with Gasteiger partial charge in [-0.15, -0.1) is 0 Å². The molecule has 0 aliphatic rings. The largest absolute Gasteiger partial charge is 0.397 e. The van der Waals surface area contributed by atoms with E-state index >= 15 is 0 Å². The predicted molar refractivity (Wildman–Crippen MR) is 45.2 cm³/mol. The van der Waals surface area contributed by atoms with E-state index < -0.39 is 0 Å². The molecule has 0 spiro atoms. The average Bonchev–Trinajstić information content (AvgIpc) is 2.48. The van der Waals surface area contributed by atoms with Crippen molar-refractivity contribution in [2.24, 2.45) is 0 Å². The highest BCUT2D eigenvalue weighted by Crippen LogP contribution is 2.20. The fourth-order valence-electron chi connectivity index (χ4n) is 1.16. The van der Waals surface area contributed by atoms with E-state index in [2.05, 4.69) is 9.97 Å². The Morgan fingerprint density at radius 3 is 3.17 bits per heavy atom. The van der Waals surface area contributed by atoms with Crippen LogP contribution in [-0.4, -0.2) is 9.97 Å². The molecule has 2 heterocycles. The van der Waals surface area contributed by atoms with Gasteiger partial charge in [0.2, 0.25) is 0 Å². The van der Waals surface area contributed by atoms with Crippen LogP contribution in [0.1, 0.15) is 5.69 Å². The third-order valence-electron chi connectivity index (χ3n) is 1.74. The Bertz CT molecular complexity index is 463. The van der Waals surface area contributed by atoms with Crippen molar-refractivity contribution in [1.82, 2.24) is 9.97 Å². The maximum atomic E-state index is 8.67. The number of aromatic amines is 1. The van der Waals surface area contributed by atoms with Gasteiger partial charge in [0.15, 0.2) is 5.69 Å². The zero-order chi connectivity index (χ0) is 8.55. The summed E-state index contributed by atoms with van der Waals surface area (Å²) in [5.74, 6) is 0. The zero-order valence-corrected chi connectivity index (χ0v) is 6.20. The van der Waals surface area contributed by atoms with Crippen LogP contribution in [0.5, 0.6) is 0 Å². The number of pyridine rings is 1. The third-order valence-corrected chi connectivity index (χ3v) is 1.74. The number of hydrogen-bond acceptors (Lipinski definition) is 3. The number of nitrogens with zero attached hydrogens (tertiary/aromatic N) is 2. The van der Waals surface area contributed by atoms with Gasteiger partial charge >= 0.3 is 0 Å². The number of nitrogen functional groups attached to an aromatic ring is 1. The van der Waals surface area contributed by atoms with Crippen LogP contribution in [0.2, 0.25) is 0 Å². The second-order valence-corrected chi connectivity index (χ2v) is 2.44. The maximum Gasteiger partial charge on any atom is 0.164 e. The molecule has 0 bridgehead atoms. The van der Waals surface area contributed by atoms with Crippen LogP contribution in [0.15, 0.2) is 18.5 Å². The molecule has 0 amide bonds. The molecule has 2 aromatic rings. The molecule has 4 heteroatoms. The van der Waals surface area contributed by atoms with E-state index in [4.69, 9.17) is 11.0 Å². The smallest absolute Gasteiger partial charge is 0.164 e. The van der Waals surface area contributed by atoms with Gasteiger partial charge in [0.05, 0.1) is 11.2 Å². The number of anilines is 1. The molecule has 0 atom stereocenters. The van der Waals surface area contributed by atoms with E-state index in [9.17, 15) is 0 Å². The lowest BCUT2D eigenvalue weighted by molar-refractivity contribution is 1.28. The van der Waals surface area contributed by atoms with Gasteiger partial charge in [0.25, 0.3) is 0 Å². The fraction of sp³-hybridized carbons (Fsp3) is 0. The number of fused-ring (bicyclic) bond motifs is 1.